The predicted molar refractivity (Wildman–Crippen MR) is 151 cm³/mol. The summed E-state index contributed by atoms with van der Waals surface area (Å²) in [6.07, 6.45) is 0. The van der Waals surface area contributed by atoms with Gasteiger partial charge in [0.25, 0.3) is 5.91 Å². The number of aromatic nitrogens is 1. The molecule has 0 radical (unpaired) electrons. The number of aromatic amines is 1. The first-order valence-electron chi connectivity index (χ1n) is 11.7. The number of nitrogens with zero attached hydrogens (tertiary/aromatic N) is 2. The highest BCUT2D eigenvalue weighted by atomic mass is 127. The summed E-state index contributed by atoms with van der Waals surface area (Å²) in [5, 5.41) is 3.04. The minimum atomic E-state index is -0.0863. The van der Waals surface area contributed by atoms with Crippen LogP contribution in [0.2, 0.25) is 0 Å². The van der Waals surface area contributed by atoms with Crippen LogP contribution in [-0.2, 0) is 0 Å². The lowest BCUT2D eigenvalue weighted by atomic mass is 9.95. The molecule has 0 saturated heterocycles. The van der Waals surface area contributed by atoms with Crippen molar-refractivity contribution >= 4 is 67.9 Å². The van der Waals surface area contributed by atoms with Crippen LogP contribution in [0.4, 0.5) is 5.69 Å². The normalized spacial score (nSPS) is 15.2. The number of ether oxygens (including phenoxy) is 1. The van der Waals surface area contributed by atoms with Gasteiger partial charge in [0.1, 0.15) is 23.8 Å². The van der Waals surface area contributed by atoms with E-state index in [0.717, 1.165) is 57.5 Å². The summed E-state index contributed by atoms with van der Waals surface area (Å²) in [6.45, 7) is 5.11. The zero-order valence-electron chi connectivity index (χ0n) is 19.7. The fraction of sp³-hybridized carbons (Fsp3) is 0.296. The summed E-state index contributed by atoms with van der Waals surface area (Å²) < 4.78 is 11.6. The quantitative estimate of drug-likeness (QED) is 0.188. The minimum Gasteiger partial charge on any atom is -0.492 e. The van der Waals surface area contributed by atoms with Crippen molar-refractivity contribution in [1.82, 2.24) is 9.88 Å². The molecule has 2 heterocycles. The number of alkyl halides is 1. The van der Waals surface area contributed by atoms with E-state index < -0.39 is 0 Å². The summed E-state index contributed by atoms with van der Waals surface area (Å²) in [5.41, 5.74) is 3.39. The van der Waals surface area contributed by atoms with Gasteiger partial charge >= 0.3 is 0 Å². The van der Waals surface area contributed by atoms with Gasteiger partial charge in [0.05, 0.1) is 5.69 Å². The van der Waals surface area contributed by atoms with Crippen LogP contribution >= 0.6 is 34.6 Å². The van der Waals surface area contributed by atoms with E-state index in [1.807, 2.05) is 76.4 Å². The van der Waals surface area contributed by atoms with E-state index in [0.29, 0.717) is 24.7 Å². The lowest BCUT2D eigenvalue weighted by Gasteiger charge is -2.18. The highest BCUT2D eigenvalue weighted by Gasteiger charge is 2.35. The van der Waals surface area contributed by atoms with Gasteiger partial charge in [-0.15, -0.1) is 11.6 Å². The zero-order chi connectivity index (χ0) is 24.5. The second kappa shape index (κ2) is 10.2. The van der Waals surface area contributed by atoms with Crippen molar-refractivity contribution < 1.29 is 12.6 Å². The molecular weight excluding hydrogens is 577 g/mol. The summed E-state index contributed by atoms with van der Waals surface area (Å²) in [5.74, 6) is 1.93. The van der Waals surface area contributed by atoms with Crippen molar-refractivity contribution in [2.45, 2.75) is 12.8 Å². The third-order valence-corrected chi connectivity index (χ3v) is 7.59. The molecule has 1 N–H and O–H groups in total. The largest absolute Gasteiger partial charge is 0.492 e. The van der Waals surface area contributed by atoms with Crippen LogP contribution in [0.3, 0.4) is 0 Å². The van der Waals surface area contributed by atoms with Crippen LogP contribution in [0, 0.1) is 0 Å². The fourth-order valence-corrected chi connectivity index (χ4v) is 5.35. The number of anilines is 1. The number of hydrogen-bond donors (Lipinski definition) is 1. The molecule has 8 heteroatoms. The van der Waals surface area contributed by atoms with Crippen molar-refractivity contribution in [2.75, 3.05) is 44.1 Å². The highest BCUT2D eigenvalue weighted by molar-refractivity contribution is 14.1. The smallest absolute Gasteiger partial charge is 0.274 e. The molecule has 0 aliphatic carbocycles. The number of fused-ring (bicyclic) bond motifs is 4. The molecule has 1 amide bonds. The van der Waals surface area contributed by atoms with Gasteiger partial charge in [0.15, 0.2) is 23.0 Å². The molecule has 0 spiro atoms. The molecule has 1 aromatic heterocycles. The molecular formula is C27H27ClIN3O3. The monoisotopic (exact) mass is 603 g/mol. The maximum atomic E-state index is 13.7. The van der Waals surface area contributed by atoms with Crippen LogP contribution in [0.1, 0.15) is 28.9 Å². The molecule has 5 rings (SSSR count). The Kier molecular flexibility index (Phi) is 7.09. The van der Waals surface area contributed by atoms with E-state index in [4.69, 9.17) is 19.4 Å². The Hall–Kier alpha value is -2.49. The third kappa shape index (κ3) is 4.57. The lowest BCUT2D eigenvalue weighted by molar-refractivity contribution is 0.0984. The molecule has 1 atom stereocenters. The number of hydrogen-bond acceptors (Lipinski definition) is 4. The number of rotatable bonds is 8. The standard InChI is InChI=1S/C27H27ClIN3O3/c1-3-31(2)10-11-34-19-8-9-22-17(12-19)13-23(30-22)27(33)32-16-18(15-28)26-21-7-5-4-6-20(21)25(35-29)14-24(26)32/h4-9,12-14,18,30H,3,10-11,15-16H2,1-2H3/t18-/m1/s1. The van der Waals surface area contributed by atoms with Crippen LogP contribution in [-0.4, -0.2) is 55.0 Å². The number of benzene rings is 3. The number of carbonyl (C=O) groups excluding carboxylic acids is 1. The van der Waals surface area contributed by atoms with Crippen molar-refractivity contribution in [3.63, 3.8) is 0 Å². The third-order valence-electron chi connectivity index (χ3n) is 6.75. The van der Waals surface area contributed by atoms with Crippen molar-refractivity contribution in [2.24, 2.45) is 0 Å². The van der Waals surface area contributed by atoms with Crippen molar-refractivity contribution in [3.8, 4) is 11.5 Å². The molecule has 35 heavy (non-hydrogen) atoms. The lowest BCUT2D eigenvalue weighted by Crippen LogP contribution is -2.30. The Balaban J connectivity index is 1.46. The second-order valence-corrected chi connectivity index (χ2v) is 9.62. The molecule has 0 saturated carbocycles. The second-order valence-electron chi connectivity index (χ2n) is 8.87. The first-order chi connectivity index (χ1) is 17.0. The van der Waals surface area contributed by atoms with Crippen LogP contribution < -0.4 is 12.7 Å². The molecule has 4 aromatic rings. The number of amides is 1. The first kappa shape index (κ1) is 24.2. The Labute approximate surface area is 223 Å². The number of carbonyl (C=O) groups is 1. The van der Waals surface area contributed by atoms with Gasteiger partial charge in [-0.2, -0.15) is 0 Å². The molecule has 1 aliphatic heterocycles. The highest BCUT2D eigenvalue weighted by Crippen LogP contribution is 2.46. The number of halogens is 2. The minimum absolute atomic E-state index is 0.0504. The van der Waals surface area contributed by atoms with Gasteiger partial charge in [-0.3, -0.25) is 4.79 Å². The van der Waals surface area contributed by atoms with Crippen LogP contribution in [0.5, 0.6) is 11.5 Å². The number of nitrogens with one attached hydrogen (secondary N) is 1. The maximum absolute atomic E-state index is 13.7. The molecule has 0 bridgehead atoms. The molecule has 182 valence electrons. The number of H-pyrrole nitrogens is 1. The zero-order valence-corrected chi connectivity index (χ0v) is 22.6. The SMILES string of the molecule is CCN(C)CCOc1ccc2[nH]c(C(=O)N3C[C@@H](CCl)c4c3cc(OI)c3ccccc43)cc2c1. The van der Waals surface area contributed by atoms with Gasteiger partial charge in [-0.25, -0.2) is 0 Å². The van der Waals surface area contributed by atoms with Gasteiger partial charge in [0.2, 0.25) is 0 Å². The molecule has 0 fully saturated rings. The topological polar surface area (TPSA) is 57.8 Å². The van der Waals surface area contributed by atoms with Gasteiger partial charge in [-0.1, -0.05) is 31.2 Å². The Bertz CT molecular complexity index is 1390. The van der Waals surface area contributed by atoms with E-state index in [9.17, 15) is 4.79 Å². The van der Waals surface area contributed by atoms with Crippen LogP contribution in [0.15, 0.2) is 54.6 Å². The number of likely N-dealkylation sites (N-methyl/N-ethyl adjacent to an activating group) is 1. The molecule has 6 nitrogen and oxygen atoms in total. The first-order valence-corrected chi connectivity index (χ1v) is 13.1. The Morgan fingerprint density at radius 1 is 1.20 bits per heavy atom. The predicted octanol–water partition coefficient (Wildman–Crippen LogP) is 6.36. The summed E-state index contributed by atoms with van der Waals surface area (Å²) in [7, 11) is 2.07. The van der Waals surface area contributed by atoms with Crippen molar-refractivity contribution in [3.05, 3.63) is 65.9 Å². The fourth-order valence-electron chi connectivity index (χ4n) is 4.73. The molecule has 0 unspecified atom stereocenters. The summed E-state index contributed by atoms with van der Waals surface area (Å²) >= 11 is 8.28. The molecule has 3 aromatic carbocycles. The Morgan fingerprint density at radius 2 is 2.00 bits per heavy atom. The molecule has 1 aliphatic rings. The van der Waals surface area contributed by atoms with E-state index in [1.165, 1.54) is 0 Å². The maximum Gasteiger partial charge on any atom is 0.274 e. The van der Waals surface area contributed by atoms with E-state index >= 15 is 0 Å². The average molecular weight is 604 g/mol. The van der Waals surface area contributed by atoms with Crippen molar-refractivity contribution in [1.29, 1.82) is 0 Å². The van der Waals surface area contributed by atoms with Gasteiger partial charge < -0.3 is 22.6 Å². The van der Waals surface area contributed by atoms with Crippen LogP contribution in [0.25, 0.3) is 21.7 Å². The van der Waals surface area contributed by atoms with E-state index in [1.54, 1.807) is 0 Å². The summed E-state index contributed by atoms with van der Waals surface area (Å²) in [4.78, 5) is 21.0. The Morgan fingerprint density at radius 3 is 2.74 bits per heavy atom. The van der Waals surface area contributed by atoms with E-state index in [-0.39, 0.29) is 11.8 Å². The average Bonchev–Trinajstić information content (AvgIpc) is 3.49. The van der Waals surface area contributed by atoms with E-state index in [2.05, 4.69) is 29.9 Å². The summed E-state index contributed by atoms with van der Waals surface area (Å²) in [6, 6.07) is 17.8. The van der Waals surface area contributed by atoms with Gasteiger partial charge in [-0.05, 0) is 48.8 Å². The van der Waals surface area contributed by atoms with Gasteiger partial charge in [0, 0.05) is 47.2 Å².